The maximum Gasteiger partial charge on any atom is 0.306 e. The molecule has 0 aromatic heterocycles. The highest BCUT2D eigenvalue weighted by molar-refractivity contribution is 5.77. The van der Waals surface area contributed by atoms with E-state index in [0.29, 0.717) is 19.3 Å². The van der Waals surface area contributed by atoms with Crippen LogP contribution in [0.25, 0.3) is 0 Å². The molecular weight excluding hydrogens is 707 g/mol. The van der Waals surface area contributed by atoms with Crippen molar-refractivity contribution in [2.45, 2.75) is 232 Å². The van der Waals surface area contributed by atoms with E-state index in [1.165, 1.54) is 109 Å². The highest BCUT2D eigenvalue weighted by atomic mass is 16.5. The van der Waals surface area contributed by atoms with Gasteiger partial charge in [0.2, 0.25) is 5.91 Å². The van der Waals surface area contributed by atoms with Crippen molar-refractivity contribution in [3.8, 4) is 0 Å². The fourth-order valence-electron chi connectivity index (χ4n) is 6.81. The minimum Gasteiger partial charge on any atom is -0.462 e. The zero-order valence-electron chi connectivity index (χ0n) is 37.2. The lowest BCUT2D eigenvalue weighted by molar-refractivity contribution is -0.151. The van der Waals surface area contributed by atoms with Crippen LogP contribution in [-0.2, 0) is 14.3 Å². The molecule has 6 nitrogen and oxygen atoms in total. The standard InChI is InChI=1S/C51H89NO5/c1-4-7-10-13-16-19-22-24-26-28-31-34-37-40-43-49(54)48(46-53)52-50(55)45-47(42-39-36-33-30-27-21-18-15-12-9-6-3)57-51(56)44-41-38-35-32-29-25-23-20-17-14-11-8-5-2/h8,11,14,17,20,23,25,29-30,32-33,35,47-49,53-54H,4-7,9-10,12-13,15-16,18-19,21-22,24,26-28,31,34,36-46H2,1-3H3,(H,52,55)/b11-8+,17-14+,23-20-,29-25-,33-30-,35-32+. The summed E-state index contributed by atoms with van der Waals surface area (Å²) >= 11 is 0. The predicted molar refractivity (Wildman–Crippen MR) is 245 cm³/mol. The summed E-state index contributed by atoms with van der Waals surface area (Å²) < 4.78 is 5.85. The normalized spacial score (nSPS) is 14.0. The van der Waals surface area contributed by atoms with Crippen LogP contribution in [0.3, 0.4) is 0 Å². The lowest BCUT2D eigenvalue weighted by Crippen LogP contribution is -2.46. The van der Waals surface area contributed by atoms with Gasteiger partial charge in [-0.05, 0) is 57.8 Å². The lowest BCUT2D eigenvalue weighted by Gasteiger charge is -2.24. The second kappa shape index (κ2) is 44.4. The first-order valence-electron chi connectivity index (χ1n) is 23.7. The molecule has 0 fully saturated rings. The molecule has 0 rings (SSSR count). The molecule has 57 heavy (non-hydrogen) atoms. The number of hydrogen-bond donors (Lipinski definition) is 3. The van der Waals surface area contributed by atoms with Crippen molar-refractivity contribution in [1.82, 2.24) is 5.32 Å². The number of carbonyl (C=O) groups excluding carboxylic acids is 2. The number of aliphatic hydroxyl groups excluding tert-OH is 2. The Labute approximate surface area is 351 Å². The van der Waals surface area contributed by atoms with Gasteiger partial charge in [0.05, 0.1) is 25.2 Å². The van der Waals surface area contributed by atoms with E-state index in [1.807, 2.05) is 54.7 Å². The third kappa shape index (κ3) is 39.9. The van der Waals surface area contributed by atoms with Gasteiger partial charge in [0.25, 0.3) is 0 Å². The summed E-state index contributed by atoms with van der Waals surface area (Å²) in [4.78, 5) is 26.0. The first kappa shape index (κ1) is 54.3. The number of hydrogen-bond acceptors (Lipinski definition) is 5. The fraction of sp³-hybridized carbons (Fsp3) is 0.725. The first-order chi connectivity index (χ1) is 28.0. The summed E-state index contributed by atoms with van der Waals surface area (Å²) in [5.74, 6) is -0.596. The summed E-state index contributed by atoms with van der Waals surface area (Å²) in [6.07, 6.45) is 55.4. The van der Waals surface area contributed by atoms with Gasteiger partial charge >= 0.3 is 5.97 Å². The Morgan fingerprint density at radius 2 is 0.982 bits per heavy atom. The number of ether oxygens (including phenoxy) is 1. The first-order valence-corrected chi connectivity index (χ1v) is 23.7. The molecule has 328 valence electrons. The summed E-state index contributed by atoms with van der Waals surface area (Å²) in [7, 11) is 0. The molecule has 0 radical (unpaired) electrons. The fourth-order valence-corrected chi connectivity index (χ4v) is 6.81. The molecule has 0 aliphatic carbocycles. The molecule has 6 heteroatoms. The summed E-state index contributed by atoms with van der Waals surface area (Å²) in [6.45, 7) is 6.29. The molecule has 3 unspecified atom stereocenters. The van der Waals surface area contributed by atoms with Crippen LogP contribution in [-0.4, -0.2) is 46.9 Å². The van der Waals surface area contributed by atoms with E-state index in [1.54, 1.807) is 0 Å². The molecule has 3 N–H and O–H groups in total. The zero-order valence-corrected chi connectivity index (χ0v) is 37.2. The quantitative estimate of drug-likeness (QED) is 0.0248. The minimum atomic E-state index is -0.808. The van der Waals surface area contributed by atoms with Crippen LogP contribution in [0.2, 0.25) is 0 Å². The number of amides is 1. The monoisotopic (exact) mass is 796 g/mol. The van der Waals surface area contributed by atoms with Crippen molar-refractivity contribution < 1.29 is 24.5 Å². The second-order valence-electron chi connectivity index (χ2n) is 15.9. The van der Waals surface area contributed by atoms with Gasteiger partial charge in [0, 0.05) is 6.42 Å². The predicted octanol–water partition coefficient (Wildman–Crippen LogP) is 13.8. The maximum absolute atomic E-state index is 13.1. The van der Waals surface area contributed by atoms with Crippen molar-refractivity contribution in [1.29, 1.82) is 0 Å². The van der Waals surface area contributed by atoms with Crippen LogP contribution < -0.4 is 5.32 Å². The molecule has 0 bridgehead atoms. The molecule has 0 aliphatic heterocycles. The highest BCUT2D eigenvalue weighted by Gasteiger charge is 2.23. The Kier molecular flexibility index (Phi) is 42.3. The van der Waals surface area contributed by atoms with Crippen molar-refractivity contribution in [3.05, 3.63) is 72.9 Å². The minimum absolute atomic E-state index is 0.0254. The summed E-state index contributed by atoms with van der Waals surface area (Å²) in [6, 6.07) is -0.725. The summed E-state index contributed by atoms with van der Waals surface area (Å²) in [5, 5.41) is 23.7. The Balaban J connectivity index is 4.69. The van der Waals surface area contributed by atoms with Gasteiger partial charge in [-0.3, -0.25) is 9.59 Å². The number of nitrogens with one attached hydrogen (secondary N) is 1. The number of aliphatic hydroxyl groups is 2. The molecule has 0 spiro atoms. The van der Waals surface area contributed by atoms with Gasteiger partial charge in [-0.1, -0.05) is 216 Å². The van der Waals surface area contributed by atoms with Gasteiger partial charge in [0.15, 0.2) is 0 Å². The van der Waals surface area contributed by atoms with Gasteiger partial charge in [0.1, 0.15) is 6.10 Å². The van der Waals surface area contributed by atoms with E-state index in [0.717, 1.165) is 51.4 Å². The molecule has 0 aromatic rings. The van der Waals surface area contributed by atoms with Gasteiger partial charge in [-0.15, -0.1) is 0 Å². The van der Waals surface area contributed by atoms with E-state index < -0.39 is 18.2 Å². The van der Waals surface area contributed by atoms with Crippen LogP contribution in [0.1, 0.15) is 213 Å². The largest absolute Gasteiger partial charge is 0.462 e. The number of rotatable bonds is 41. The van der Waals surface area contributed by atoms with Crippen LogP contribution in [0.4, 0.5) is 0 Å². The topological polar surface area (TPSA) is 95.9 Å². The highest BCUT2D eigenvalue weighted by Crippen LogP contribution is 2.16. The van der Waals surface area contributed by atoms with E-state index in [4.69, 9.17) is 4.74 Å². The molecule has 3 atom stereocenters. The van der Waals surface area contributed by atoms with Crippen LogP contribution >= 0.6 is 0 Å². The van der Waals surface area contributed by atoms with Crippen molar-refractivity contribution in [3.63, 3.8) is 0 Å². The number of unbranched alkanes of at least 4 members (excludes halogenated alkanes) is 21. The number of allylic oxidation sites excluding steroid dienone is 12. The molecule has 0 saturated heterocycles. The maximum atomic E-state index is 13.1. The Bertz CT molecular complexity index is 1070. The molecule has 0 aliphatic rings. The molecule has 0 aromatic carbocycles. The van der Waals surface area contributed by atoms with Crippen molar-refractivity contribution >= 4 is 11.9 Å². The second-order valence-corrected chi connectivity index (χ2v) is 15.9. The lowest BCUT2D eigenvalue weighted by atomic mass is 10.0. The van der Waals surface area contributed by atoms with Crippen molar-refractivity contribution in [2.24, 2.45) is 0 Å². The average molecular weight is 796 g/mol. The van der Waals surface area contributed by atoms with Gasteiger partial charge in [-0.2, -0.15) is 0 Å². The zero-order chi connectivity index (χ0) is 41.7. The average Bonchev–Trinajstić information content (AvgIpc) is 3.20. The SMILES string of the molecule is CC/C=C/C=C/C=C\C=C/C=C/CCCC(=O)OC(CCC/C=C\CCCCCCCC)CC(=O)NC(CO)C(O)CCCCCCCCCCCCCCCC. The molecular formula is C51H89NO5. The van der Waals surface area contributed by atoms with E-state index in [2.05, 4.69) is 44.3 Å². The molecule has 0 saturated carbocycles. The summed E-state index contributed by atoms with van der Waals surface area (Å²) in [5.41, 5.74) is 0. The van der Waals surface area contributed by atoms with Gasteiger partial charge in [-0.25, -0.2) is 0 Å². The van der Waals surface area contributed by atoms with E-state index >= 15 is 0 Å². The van der Waals surface area contributed by atoms with Crippen molar-refractivity contribution in [2.75, 3.05) is 6.61 Å². The molecule has 0 heterocycles. The van der Waals surface area contributed by atoms with E-state index in [-0.39, 0.29) is 31.3 Å². The van der Waals surface area contributed by atoms with Crippen LogP contribution in [0.15, 0.2) is 72.9 Å². The smallest absolute Gasteiger partial charge is 0.306 e. The number of esters is 1. The third-order valence-corrected chi connectivity index (χ3v) is 10.4. The Hall–Kier alpha value is -2.70. The number of carbonyl (C=O) groups is 2. The van der Waals surface area contributed by atoms with E-state index in [9.17, 15) is 19.8 Å². The third-order valence-electron chi connectivity index (χ3n) is 10.4. The van der Waals surface area contributed by atoms with Gasteiger partial charge < -0.3 is 20.3 Å². The Morgan fingerprint density at radius 1 is 0.526 bits per heavy atom. The molecule has 1 amide bonds. The van der Waals surface area contributed by atoms with Crippen LogP contribution in [0, 0.1) is 0 Å². The van der Waals surface area contributed by atoms with Crippen LogP contribution in [0.5, 0.6) is 0 Å². The Morgan fingerprint density at radius 3 is 1.51 bits per heavy atom.